The maximum absolute atomic E-state index is 14.9. The first kappa shape index (κ1) is 27.7. The average Bonchev–Trinajstić information content (AvgIpc) is 3.21. The number of anilines is 1. The molecule has 4 atom stereocenters. The number of fused-ring (bicyclic) bond motifs is 2. The topological polar surface area (TPSA) is 57.7 Å². The minimum Gasteiger partial charge on any atom is -0.305 e. The second-order valence-electron chi connectivity index (χ2n) is 12.8. The fourth-order valence-corrected chi connectivity index (χ4v) is 7.89. The third kappa shape index (κ3) is 4.68. The number of halogens is 1. The van der Waals surface area contributed by atoms with Gasteiger partial charge in [-0.25, -0.2) is 0 Å². The lowest BCUT2D eigenvalue weighted by atomic mass is 9.65. The van der Waals surface area contributed by atoms with Crippen LogP contribution in [-0.2, 0) is 26.2 Å². The summed E-state index contributed by atoms with van der Waals surface area (Å²) in [6.45, 7) is 6.39. The van der Waals surface area contributed by atoms with Crippen LogP contribution in [0, 0.1) is 11.8 Å². The van der Waals surface area contributed by atoms with Crippen LogP contribution in [0.5, 0.6) is 0 Å². The standard InChI is InChI=1S/C35H37ClN2O3/c1-34(2)22-35(3,24-17-19-25(36)20-18-24)28-15-9-10-16-29(28)38(34)33(41)30(21-23-11-5-4-6-12-23)37-31(39)26-13-7-8-14-27(26)32(37)40/h4-6,9-12,15-20,26-27,30H,7-8,13-14,21-22H2,1-3H3/t26-,27+,30-,35+/m0/s1. The normalized spacial score (nSPS) is 26.0. The molecule has 1 saturated heterocycles. The molecule has 6 rings (SSSR count). The van der Waals surface area contributed by atoms with Crippen LogP contribution >= 0.6 is 11.6 Å². The van der Waals surface area contributed by atoms with Crippen LogP contribution in [0.4, 0.5) is 5.69 Å². The number of amides is 3. The molecule has 2 fully saturated rings. The van der Waals surface area contributed by atoms with Crippen molar-refractivity contribution in [2.24, 2.45) is 11.8 Å². The summed E-state index contributed by atoms with van der Waals surface area (Å²) in [7, 11) is 0. The van der Waals surface area contributed by atoms with Crippen LogP contribution in [0.1, 0.15) is 69.6 Å². The van der Waals surface area contributed by atoms with E-state index < -0.39 is 11.6 Å². The van der Waals surface area contributed by atoms with E-state index in [1.54, 1.807) is 0 Å². The number of imide groups is 1. The van der Waals surface area contributed by atoms with Crippen molar-refractivity contribution in [3.05, 3.63) is 101 Å². The van der Waals surface area contributed by atoms with Crippen molar-refractivity contribution in [3.63, 3.8) is 0 Å². The van der Waals surface area contributed by atoms with Crippen molar-refractivity contribution >= 4 is 35.0 Å². The molecule has 3 aromatic carbocycles. The van der Waals surface area contributed by atoms with Crippen molar-refractivity contribution in [2.45, 2.75) is 76.3 Å². The molecule has 41 heavy (non-hydrogen) atoms. The van der Waals surface area contributed by atoms with Gasteiger partial charge in [-0.2, -0.15) is 0 Å². The lowest BCUT2D eigenvalue weighted by molar-refractivity contribution is -0.147. The van der Waals surface area contributed by atoms with Crippen LogP contribution in [0.25, 0.3) is 0 Å². The Kier molecular flexibility index (Phi) is 7.05. The summed E-state index contributed by atoms with van der Waals surface area (Å²) in [5, 5.41) is 0.682. The van der Waals surface area contributed by atoms with Gasteiger partial charge in [0.15, 0.2) is 0 Å². The Bertz CT molecular complexity index is 1460. The Morgan fingerprint density at radius 3 is 2.07 bits per heavy atom. The van der Waals surface area contributed by atoms with Gasteiger partial charge in [-0.3, -0.25) is 19.3 Å². The molecule has 0 N–H and O–H groups in total. The number of nitrogens with zero attached hydrogens (tertiary/aromatic N) is 2. The Hall–Kier alpha value is -3.44. The molecule has 0 radical (unpaired) electrons. The van der Waals surface area contributed by atoms with Gasteiger partial charge in [0.2, 0.25) is 11.8 Å². The molecule has 3 amide bonds. The third-order valence-corrected chi connectivity index (χ3v) is 9.83. The zero-order chi connectivity index (χ0) is 28.9. The largest absolute Gasteiger partial charge is 0.305 e. The van der Waals surface area contributed by atoms with E-state index in [1.807, 2.05) is 65.6 Å². The molecule has 0 bridgehead atoms. The Morgan fingerprint density at radius 1 is 0.854 bits per heavy atom. The first-order valence-electron chi connectivity index (χ1n) is 14.7. The van der Waals surface area contributed by atoms with Gasteiger partial charge < -0.3 is 4.90 Å². The summed E-state index contributed by atoms with van der Waals surface area (Å²) in [5.74, 6) is -1.18. The molecule has 2 aliphatic heterocycles. The van der Waals surface area contributed by atoms with Crippen LogP contribution in [0.2, 0.25) is 5.02 Å². The molecule has 3 aliphatic rings. The van der Waals surface area contributed by atoms with E-state index in [0.717, 1.165) is 48.1 Å². The summed E-state index contributed by atoms with van der Waals surface area (Å²) in [6.07, 6.45) is 4.28. The smallest absolute Gasteiger partial charge is 0.251 e. The lowest BCUT2D eigenvalue weighted by Crippen LogP contribution is -2.61. The van der Waals surface area contributed by atoms with Gasteiger partial charge in [-0.1, -0.05) is 92.0 Å². The summed E-state index contributed by atoms with van der Waals surface area (Å²) >= 11 is 6.24. The third-order valence-electron chi connectivity index (χ3n) is 9.58. The summed E-state index contributed by atoms with van der Waals surface area (Å²) in [4.78, 5) is 45.8. The Morgan fingerprint density at radius 2 is 1.44 bits per heavy atom. The maximum Gasteiger partial charge on any atom is 0.251 e. The van der Waals surface area contributed by atoms with E-state index in [-0.39, 0.29) is 35.0 Å². The van der Waals surface area contributed by atoms with Gasteiger partial charge in [0.1, 0.15) is 6.04 Å². The highest BCUT2D eigenvalue weighted by Gasteiger charge is 2.55. The van der Waals surface area contributed by atoms with Crippen molar-refractivity contribution in [1.29, 1.82) is 0 Å². The SMILES string of the molecule is CC1(C)C[C@](C)(c2ccc(Cl)cc2)c2ccccc2N1C(=O)[C@H](Cc1ccccc1)N1C(=O)[C@H]2CCCC[C@H]2C1=O. The summed E-state index contributed by atoms with van der Waals surface area (Å²) < 4.78 is 0. The fraction of sp³-hybridized carbons (Fsp3) is 0.400. The Labute approximate surface area is 247 Å². The summed E-state index contributed by atoms with van der Waals surface area (Å²) in [6, 6.07) is 24.8. The van der Waals surface area contributed by atoms with Gasteiger partial charge >= 0.3 is 0 Å². The van der Waals surface area contributed by atoms with Crippen molar-refractivity contribution in [3.8, 4) is 0 Å². The molecule has 6 heteroatoms. The monoisotopic (exact) mass is 568 g/mol. The highest BCUT2D eigenvalue weighted by Crippen LogP contribution is 2.51. The van der Waals surface area contributed by atoms with Gasteiger partial charge in [0.05, 0.1) is 11.8 Å². The number of rotatable bonds is 5. The number of carbonyl (C=O) groups excluding carboxylic acids is 3. The molecule has 2 heterocycles. The van der Waals surface area contributed by atoms with Crippen LogP contribution in [0.3, 0.4) is 0 Å². The minimum absolute atomic E-state index is 0.178. The van der Waals surface area contributed by atoms with E-state index in [2.05, 4.69) is 39.0 Å². The number of carbonyl (C=O) groups is 3. The van der Waals surface area contributed by atoms with E-state index in [0.29, 0.717) is 17.9 Å². The lowest BCUT2D eigenvalue weighted by Gasteiger charge is -2.52. The van der Waals surface area contributed by atoms with Gasteiger partial charge in [-0.15, -0.1) is 0 Å². The molecule has 212 valence electrons. The number of para-hydroxylation sites is 1. The Balaban J connectivity index is 1.45. The predicted molar refractivity (Wildman–Crippen MR) is 162 cm³/mol. The molecule has 1 aliphatic carbocycles. The van der Waals surface area contributed by atoms with E-state index in [4.69, 9.17) is 11.6 Å². The molecular formula is C35H37ClN2O3. The quantitative estimate of drug-likeness (QED) is 0.313. The van der Waals surface area contributed by atoms with Crippen molar-refractivity contribution < 1.29 is 14.4 Å². The van der Waals surface area contributed by atoms with Gasteiger partial charge in [0.25, 0.3) is 5.91 Å². The van der Waals surface area contributed by atoms with Crippen LogP contribution in [-0.4, -0.2) is 34.2 Å². The number of hydrogen-bond donors (Lipinski definition) is 0. The molecule has 3 aromatic rings. The average molecular weight is 569 g/mol. The zero-order valence-corrected chi connectivity index (χ0v) is 24.7. The number of hydrogen-bond acceptors (Lipinski definition) is 3. The first-order chi connectivity index (χ1) is 19.6. The van der Waals surface area contributed by atoms with E-state index in [9.17, 15) is 14.4 Å². The molecule has 0 spiro atoms. The van der Waals surface area contributed by atoms with Crippen LogP contribution in [0.15, 0.2) is 78.9 Å². The molecule has 0 aromatic heterocycles. The molecule has 0 unspecified atom stereocenters. The van der Waals surface area contributed by atoms with E-state index in [1.165, 1.54) is 4.90 Å². The molecule has 1 saturated carbocycles. The highest BCUT2D eigenvalue weighted by molar-refractivity contribution is 6.30. The minimum atomic E-state index is -0.907. The highest BCUT2D eigenvalue weighted by atomic mass is 35.5. The fourth-order valence-electron chi connectivity index (χ4n) is 7.76. The molecular weight excluding hydrogens is 532 g/mol. The van der Waals surface area contributed by atoms with Crippen LogP contribution < -0.4 is 4.90 Å². The maximum atomic E-state index is 14.9. The predicted octanol–water partition coefficient (Wildman–Crippen LogP) is 6.95. The van der Waals surface area contributed by atoms with Gasteiger partial charge in [0, 0.05) is 28.1 Å². The van der Waals surface area contributed by atoms with Crippen molar-refractivity contribution in [2.75, 3.05) is 4.90 Å². The van der Waals surface area contributed by atoms with Gasteiger partial charge in [-0.05, 0) is 68.0 Å². The van der Waals surface area contributed by atoms with Crippen molar-refractivity contribution in [1.82, 2.24) is 4.90 Å². The number of benzene rings is 3. The zero-order valence-electron chi connectivity index (χ0n) is 24.0. The van der Waals surface area contributed by atoms with E-state index >= 15 is 0 Å². The number of likely N-dealkylation sites (tertiary alicyclic amines) is 1. The summed E-state index contributed by atoms with van der Waals surface area (Å²) in [5.41, 5.74) is 2.94. The second-order valence-corrected chi connectivity index (χ2v) is 13.2. The first-order valence-corrected chi connectivity index (χ1v) is 15.1. The second kappa shape index (κ2) is 10.4. The molecule has 5 nitrogen and oxygen atoms in total.